The Morgan fingerprint density at radius 3 is 2.79 bits per heavy atom. The second-order valence-corrected chi connectivity index (χ2v) is 5.35. The van der Waals surface area contributed by atoms with Crippen LogP contribution in [0.4, 0.5) is 0 Å². The van der Waals surface area contributed by atoms with Crippen molar-refractivity contribution in [3.05, 3.63) is 29.8 Å². The van der Waals surface area contributed by atoms with Gasteiger partial charge in [0, 0.05) is 6.04 Å². The second kappa shape index (κ2) is 5.61. The molecule has 104 valence electrons. The van der Waals surface area contributed by atoms with E-state index in [1.54, 1.807) is 0 Å². The molecule has 0 aliphatic heterocycles. The molecular formula is C15H21NO3. The van der Waals surface area contributed by atoms with E-state index in [-0.39, 0.29) is 12.6 Å². The van der Waals surface area contributed by atoms with Crippen LogP contribution in [0.2, 0.25) is 0 Å². The summed E-state index contributed by atoms with van der Waals surface area (Å²) in [5, 5.41) is 3.30. The molecular weight excluding hydrogens is 242 g/mol. The number of esters is 1. The molecule has 0 amide bonds. The van der Waals surface area contributed by atoms with Crippen LogP contribution < -0.4 is 10.1 Å². The van der Waals surface area contributed by atoms with Crippen molar-refractivity contribution in [2.75, 3.05) is 13.7 Å². The maximum Gasteiger partial charge on any atom is 0.329 e. The fraction of sp³-hybridized carbons (Fsp3) is 0.533. The van der Waals surface area contributed by atoms with Gasteiger partial charge in [-0.1, -0.05) is 12.1 Å². The maximum absolute atomic E-state index is 11.9. The molecule has 19 heavy (non-hydrogen) atoms. The van der Waals surface area contributed by atoms with E-state index in [0.717, 1.165) is 24.2 Å². The lowest BCUT2D eigenvalue weighted by Gasteiger charge is -2.28. The van der Waals surface area contributed by atoms with Crippen molar-refractivity contribution < 1.29 is 14.3 Å². The van der Waals surface area contributed by atoms with Crippen molar-refractivity contribution in [1.82, 2.24) is 5.32 Å². The molecule has 0 radical (unpaired) electrons. The van der Waals surface area contributed by atoms with Gasteiger partial charge in [0.1, 0.15) is 17.9 Å². The topological polar surface area (TPSA) is 47.6 Å². The molecule has 1 aromatic carbocycles. The normalized spacial score (nSPS) is 17.6. The zero-order valence-electron chi connectivity index (χ0n) is 11.7. The SMILES string of the molecule is COC(=O)C(C)(COc1cccc(C)c1)NC1CC1. The summed E-state index contributed by atoms with van der Waals surface area (Å²) in [6.07, 6.45) is 2.22. The zero-order chi connectivity index (χ0) is 13.9. The van der Waals surface area contributed by atoms with Crippen LogP contribution in [0.5, 0.6) is 5.75 Å². The monoisotopic (exact) mass is 263 g/mol. The molecule has 1 aliphatic rings. The summed E-state index contributed by atoms with van der Waals surface area (Å²) in [6.45, 7) is 4.10. The molecule has 4 nitrogen and oxygen atoms in total. The van der Waals surface area contributed by atoms with E-state index in [9.17, 15) is 4.79 Å². The van der Waals surface area contributed by atoms with Crippen molar-refractivity contribution in [1.29, 1.82) is 0 Å². The summed E-state index contributed by atoms with van der Waals surface area (Å²) in [4.78, 5) is 11.9. The van der Waals surface area contributed by atoms with Gasteiger partial charge in [0.15, 0.2) is 0 Å². The Bertz CT molecular complexity index is 456. The fourth-order valence-electron chi connectivity index (χ4n) is 2.00. The highest BCUT2D eigenvalue weighted by Gasteiger charge is 2.40. The van der Waals surface area contributed by atoms with Crippen molar-refractivity contribution in [3.63, 3.8) is 0 Å². The van der Waals surface area contributed by atoms with E-state index in [1.807, 2.05) is 38.1 Å². The summed E-state index contributed by atoms with van der Waals surface area (Å²) in [5.74, 6) is 0.486. The van der Waals surface area contributed by atoms with E-state index < -0.39 is 5.54 Å². The Morgan fingerprint density at radius 1 is 1.47 bits per heavy atom. The van der Waals surface area contributed by atoms with Gasteiger partial charge in [-0.2, -0.15) is 0 Å². The van der Waals surface area contributed by atoms with Gasteiger partial charge in [0.2, 0.25) is 0 Å². The first kappa shape index (κ1) is 13.9. The molecule has 0 bridgehead atoms. The number of carbonyl (C=O) groups is 1. The quantitative estimate of drug-likeness (QED) is 0.798. The van der Waals surface area contributed by atoms with E-state index in [1.165, 1.54) is 7.11 Å². The lowest BCUT2D eigenvalue weighted by atomic mass is 10.0. The van der Waals surface area contributed by atoms with Crippen molar-refractivity contribution in [2.24, 2.45) is 0 Å². The number of methoxy groups -OCH3 is 1. The minimum atomic E-state index is -0.792. The van der Waals surface area contributed by atoms with Crippen molar-refractivity contribution in [2.45, 2.75) is 38.3 Å². The molecule has 0 spiro atoms. The molecule has 1 saturated carbocycles. The first-order valence-corrected chi connectivity index (χ1v) is 6.59. The van der Waals surface area contributed by atoms with Gasteiger partial charge < -0.3 is 9.47 Å². The minimum Gasteiger partial charge on any atom is -0.491 e. The molecule has 4 heteroatoms. The van der Waals surface area contributed by atoms with E-state index in [2.05, 4.69) is 5.32 Å². The number of rotatable bonds is 6. The van der Waals surface area contributed by atoms with Crippen LogP contribution >= 0.6 is 0 Å². The highest BCUT2D eigenvalue weighted by Crippen LogP contribution is 2.24. The number of ether oxygens (including phenoxy) is 2. The average Bonchev–Trinajstić information content (AvgIpc) is 3.19. The zero-order valence-corrected chi connectivity index (χ0v) is 11.7. The molecule has 0 heterocycles. The molecule has 1 aromatic rings. The largest absolute Gasteiger partial charge is 0.491 e. The van der Waals surface area contributed by atoms with Gasteiger partial charge in [-0.3, -0.25) is 5.32 Å². The Balaban J connectivity index is 2.01. The summed E-state index contributed by atoms with van der Waals surface area (Å²) in [6, 6.07) is 8.20. The summed E-state index contributed by atoms with van der Waals surface area (Å²) in [5.41, 5.74) is 0.340. The maximum atomic E-state index is 11.9. The third-order valence-corrected chi connectivity index (χ3v) is 3.25. The van der Waals surface area contributed by atoms with Gasteiger partial charge in [-0.25, -0.2) is 4.79 Å². The number of nitrogens with one attached hydrogen (secondary N) is 1. The number of hydrogen-bond acceptors (Lipinski definition) is 4. The van der Waals surface area contributed by atoms with Gasteiger partial charge in [0.05, 0.1) is 7.11 Å². The number of carbonyl (C=O) groups excluding carboxylic acids is 1. The minimum absolute atomic E-state index is 0.264. The Hall–Kier alpha value is -1.55. The fourth-order valence-corrected chi connectivity index (χ4v) is 2.00. The highest BCUT2D eigenvalue weighted by molar-refractivity contribution is 5.80. The van der Waals surface area contributed by atoms with Gasteiger partial charge in [-0.05, 0) is 44.4 Å². The first-order valence-electron chi connectivity index (χ1n) is 6.59. The Kier molecular flexibility index (Phi) is 4.10. The Labute approximate surface area is 114 Å². The van der Waals surface area contributed by atoms with Crippen molar-refractivity contribution >= 4 is 5.97 Å². The van der Waals surface area contributed by atoms with Crippen LogP contribution in [0.3, 0.4) is 0 Å². The number of aryl methyl sites for hydroxylation is 1. The summed E-state index contributed by atoms with van der Waals surface area (Å²) in [7, 11) is 1.40. The molecule has 1 unspecified atom stereocenters. The van der Waals surface area contributed by atoms with Crippen LogP contribution in [0.15, 0.2) is 24.3 Å². The van der Waals surface area contributed by atoms with Gasteiger partial charge in [0.25, 0.3) is 0 Å². The third kappa shape index (κ3) is 3.70. The van der Waals surface area contributed by atoms with Crippen LogP contribution in [-0.4, -0.2) is 31.3 Å². The predicted octanol–water partition coefficient (Wildman–Crippen LogP) is 2.06. The summed E-state index contributed by atoms with van der Waals surface area (Å²) >= 11 is 0. The molecule has 1 fully saturated rings. The van der Waals surface area contributed by atoms with E-state index >= 15 is 0 Å². The van der Waals surface area contributed by atoms with Gasteiger partial charge >= 0.3 is 5.97 Å². The predicted molar refractivity (Wildman–Crippen MR) is 73.3 cm³/mol. The standard InChI is InChI=1S/C15H21NO3/c1-11-5-4-6-13(9-11)19-10-15(2,14(17)18-3)16-12-7-8-12/h4-6,9,12,16H,7-8,10H2,1-3H3. The lowest BCUT2D eigenvalue weighted by molar-refractivity contribution is -0.149. The second-order valence-electron chi connectivity index (χ2n) is 5.35. The summed E-state index contributed by atoms with van der Waals surface area (Å²) < 4.78 is 10.6. The third-order valence-electron chi connectivity index (χ3n) is 3.25. The highest BCUT2D eigenvalue weighted by atomic mass is 16.5. The molecule has 1 aliphatic carbocycles. The van der Waals surface area contributed by atoms with E-state index in [0.29, 0.717) is 6.04 Å². The van der Waals surface area contributed by atoms with Gasteiger partial charge in [-0.15, -0.1) is 0 Å². The molecule has 2 rings (SSSR count). The lowest BCUT2D eigenvalue weighted by Crippen LogP contribution is -2.55. The number of benzene rings is 1. The smallest absolute Gasteiger partial charge is 0.329 e. The van der Waals surface area contributed by atoms with Crippen LogP contribution in [0.1, 0.15) is 25.3 Å². The molecule has 0 saturated heterocycles. The number of hydrogen-bond donors (Lipinski definition) is 1. The van der Waals surface area contributed by atoms with Crippen molar-refractivity contribution in [3.8, 4) is 5.75 Å². The molecule has 1 atom stereocenters. The Morgan fingerprint density at radius 2 is 2.21 bits per heavy atom. The first-order chi connectivity index (χ1) is 9.03. The molecule has 0 aromatic heterocycles. The van der Waals surface area contributed by atoms with Crippen LogP contribution in [0, 0.1) is 6.92 Å². The molecule has 1 N–H and O–H groups in total. The van der Waals surface area contributed by atoms with Crippen LogP contribution in [0.25, 0.3) is 0 Å². The van der Waals surface area contributed by atoms with Crippen LogP contribution in [-0.2, 0) is 9.53 Å². The van der Waals surface area contributed by atoms with E-state index in [4.69, 9.17) is 9.47 Å². The average molecular weight is 263 g/mol.